The summed E-state index contributed by atoms with van der Waals surface area (Å²) in [5.41, 5.74) is 0.0828. The van der Waals surface area contributed by atoms with Gasteiger partial charge in [0.05, 0.1) is 13.2 Å². The van der Waals surface area contributed by atoms with Gasteiger partial charge in [0.25, 0.3) is 0 Å². The number of rotatable bonds is 3. The molecule has 0 radical (unpaired) electrons. The molecule has 0 aromatic carbocycles. The van der Waals surface area contributed by atoms with Crippen molar-refractivity contribution in [3.63, 3.8) is 0 Å². The molecule has 0 aliphatic carbocycles. The first kappa shape index (κ1) is 8.96. The topological polar surface area (TPSA) is 68.7 Å². The largest absolute Gasteiger partial charge is 0.485 e. The number of ether oxygens (including phenoxy) is 2. The maximum Gasteiger partial charge on any atom is 0.341 e. The second-order valence-electron chi connectivity index (χ2n) is 2.95. The number of hydrogen-bond donors (Lipinski definition) is 1. The molecule has 0 amide bonds. The summed E-state index contributed by atoms with van der Waals surface area (Å²) >= 11 is 0. The van der Waals surface area contributed by atoms with Gasteiger partial charge in [-0.15, -0.1) is 0 Å². The van der Waals surface area contributed by atoms with Crippen LogP contribution in [0.3, 0.4) is 0 Å². The van der Waals surface area contributed by atoms with Crippen molar-refractivity contribution in [2.24, 2.45) is 0 Å². The van der Waals surface area contributed by atoms with Gasteiger partial charge in [-0.25, -0.2) is 4.79 Å². The second-order valence-corrected chi connectivity index (χ2v) is 2.95. The van der Waals surface area contributed by atoms with Gasteiger partial charge in [0.15, 0.2) is 0 Å². The normalized spacial score (nSPS) is 16.0. The molecule has 2 rings (SSSR count). The van der Waals surface area contributed by atoms with Gasteiger partial charge in [-0.05, 0) is 6.07 Å². The van der Waals surface area contributed by atoms with E-state index in [0.29, 0.717) is 19.0 Å². The Hall–Kier alpha value is -1.62. The highest BCUT2D eigenvalue weighted by Crippen LogP contribution is 2.20. The first-order valence-electron chi connectivity index (χ1n) is 4.19. The number of hydrogen-bond acceptors (Lipinski definition) is 4. The van der Waals surface area contributed by atoms with Crippen molar-refractivity contribution < 1.29 is 19.4 Å². The van der Waals surface area contributed by atoms with Gasteiger partial charge in [-0.3, -0.25) is 4.98 Å². The van der Waals surface area contributed by atoms with E-state index < -0.39 is 5.97 Å². The standard InChI is InChI=1S/C9H9NO4/c11-9(12)7-3-10-2-1-8(7)14-6-4-13-5-6/h1-3,6H,4-5H2,(H,11,12). The van der Waals surface area contributed by atoms with Crippen LogP contribution in [0, 0.1) is 0 Å². The lowest BCUT2D eigenvalue weighted by Gasteiger charge is -2.27. The van der Waals surface area contributed by atoms with Crippen LogP contribution in [0.4, 0.5) is 0 Å². The van der Waals surface area contributed by atoms with E-state index in [2.05, 4.69) is 4.98 Å². The Morgan fingerprint density at radius 1 is 1.64 bits per heavy atom. The van der Waals surface area contributed by atoms with Crippen molar-refractivity contribution in [2.45, 2.75) is 6.10 Å². The monoisotopic (exact) mass is 195 g/mol. The number of carboxylic acid groups (broad SMARTS) is 1. The van der Waals surface area contributed by atoms with Crippen LogP contribution in [0.15, 0.2) is 18.5 Å². The third kappa shape index (κ3) is 1.67. The van der Waals surface area contributed by atoms with Crippen LogP contribution in [0.5, 0.6) is 5.75 Å². The highest BCUT2D eigenvalue weighted by molar-refractivity contribution is 5.90. The zero-order chi connectivity index (χ0) is 9.97. The molecule has 1 aliphatic rings. The third-order valence-electron chi connectivity index (χ3n) is 1.91. The molecule has 0 bridgehead atoms. The summed E-state index contributed by atoms with van der Waals surface area (Å²) in [7, 11) is 0. The Morgan fingerprint density at radius 3 is 3.00 bits per heavy atom. The second kappa shape index (κ2) is 3.63. The van der Waals surface area contributed by atoms with Crippen LogP contribution in [0.25, 0.3) is 0 Å². The van der Waals surface area contributed by atoms with Crippen molar-refractivity contribution in [1.29, 1.82) is 0 Å². The molecule has 1 saturated heterocycles. The van der Waals surface area contributed by atoms with Crippen molar-refractivity contribution in [3.8, 4) is 5.75 Å². The van der Waals surface area contributed by atoms with Crippen molar-refractivity contribution in [2.75, 3.05) is 13.2 Å². The molecule has 0 atom stereocenters. The smallest absolute Gasteiger partial charge is 0.341 e. The van der Waals surface area contributed by atoms with Gasteiger partial charge < -0.3 is 14.6 Å². The Balaban J connectivity index is 2.17. The number of pyridine rings is 1. The minimum absolute atomic E-state index is 0.0319. The van der Waals surface area contributed by atoms with E-state index in [4.69, 9.17) is 14.6 Å². The quantitative estimate of drug-likeness (QED) is 0.763. The molecule has 1 N–H and O–H groups in total. The van der Waals surface area contributed by atoms with Crippen LogP contribution in [-0.4, -0.2) is 35.4 Å². The molecule has 1 aromatic rings. The highest BCUT2D eigenvalue weighted by Gasteiger charge is 2.22. The molecule has 0 saturated carbocycles. The molecule has 1 aromatic heterocycles. The fourth-order valence-corrected chi connectivity index (χ4v) is 1.11. The average molecular weight is 195 g/mol. The minimum Gasteiger partial charge on any atom is -0.485 e. The summed E-state index contributed by atoms with van der Waals surface area (Å²) in [4.78, 5) is 14.5. The van der Waals surface area contributed by atoms with E-state index in [0.717, 1.165) is 0 Å². The predicted octanol–water partition coefficient (Wildman–Crippen LogP) is 0.557. The first-order chi connectivity index (χ1) is 6.77. The third-order valence-corrected chi connectivity index (χ3v) is 1.91. The van der Waals surface area contributed by atoms with Crippen molar-refractivity contribution >= 4 is 5.97 Å². The van der Waals surface area contributed by atoms with Crippen LogP contribution in [-0.2, 0) is 4.74 Å². The van der Waals surface area contributed by atoms with Gasteiger partial charge in [0, 0.05) is 12.4 Å². The van der Waals surface area contributed by atoms with Crippen molar-refractivity contribution in [3.05, 3.63) is 24.0 Å². The van der Waals surface area contributed by atoms with E-state index in [1.54, 1.807) is 6.07 Å². The lowest BCUT2D eigenvalue weighted by Crippen LogP contribution is -2.38. The van der Waals surface area contributed by atoms with E-state index in [9.17, 15) is 4.79 Å². The number of aromatic carboxylic acids is 1. The van der Waals surface area contributed by atoms with Crippen LogP contribution < -0.4 is 4.74 Å². The van der Waals surface area contributed by atoms with Crippen molar-refractivity contribution in [1.82, 2.24) is 4.98 Å². The Labute approximate surface area is 80.3 Å². The molecule has 5 nitrogen and oxygen atoms in total. The van der Waals surface area contributed by atoms with E-state index in [1.807, 2.05) is 0 Å². The van der Waals surface area contributed by atoms with Crippen LogP contribution in [0.1, 0.15) is 10.4 Å². The summed E-state index contributed by atoms with van der Waals surface area (Å²) in [5.74, 6) is -0.686. The maximum absolute atomic E-state index is 10.8. The summed E-state index contributed by atoms with van der Waals surface area (Å²) in [6.45, 7) is 1.03. The fraction of sp³-hybridized carbons (Fsp3) is 0.333. The Kier molecular flexibility index (Phi) is 2.32. The molecule has 14 heavy (non-hydrogen) atoms. The molecule has 1 fully saturated rings. The molecular weight excluding hydrogens is 186 g/mol. The molecule has 0 spiro atoms. The minimum atomic E-state index is -1.03. The Bertz CT molecular complexity index is 348. The van der Waals surface area contributed by atoms with E-state index >= 15 is 0 Å². The number of carboxylic acids is 1. The van der Waals surface area contributed by atoms with Gasteiger partial charge >= 0.3 is 5.97 Å². The highest BCUT2D eigenvalue weighted by atomic mass is 16.6. The van der Waals surface area contributed by atoms with Gasteiger partial charge in [-0.2, -0.15) is 0 Å². The Morgan fingerprint density at radius 2 is 2.43 bits per heavy atom. The number of nitrogens with zero attached hydrogens (tertiary/aromatic N) is 1. The molecule has 1 aliphatic heterocycles. The lowest BCUT2D eigenvalue weighted by molar-refractivity contribution is -0.0799. The predicted molar refractivity (Wildman–Crippen MR) is 46.4 cm³/mol. The van der Waals surface area contributed by atoms with Crippen LogP contribution in [0.2, 0.25) is 0 Å². The SMILES string of the molecule is O=C(O)c1cnccc1OC1COC1. The first-order valence-corrected chi connectivity index (χ1v) is 4.19. The summed E-state index contributed by atoms with van der Waals surface area (Å²) in [6, 6.07) is 1.54. The lowest BCUT2D eigenvalue weighted by atomic mass is 10.2. The fourth-order valence-electron chi connectivity index (χ4n) is 1.11. The van der Waals surface area contributed by atoms with E-state index in [1.165, 1.54) is 12.4 Å². The van der Waals surface area contributed by atoms with Gasteiger partial charge in [0.2, 0.25) is 0 Å². The van der Waals surface area contributed by atoms with Gasteiger partial charge in [0.1, 0.15) is 17.4 Å². The number of aromatic nitrogens is 1. The summed E-state index contributed by atoms with van der Waals surface area (Å²) in [6.07, 6.45) is 2.74. The maximum atomic E-state index is 10.8. The number of carbonyl (C=O) groups is 1. The van der Waals surface area contributed by atoms with Gasteiger partial charge in [-0.1, -0.05) is 0 Å². The zero-order valence-corrected chi connectivity index (χ0v) is 7.34. The molecule has 0 unspecified atom stereocenters. The molecule has 5 heteroatoms. The summed E-state index contributed by atoms with van der Waals surface area (Å²) < 4.78 is 10.3. The average Bonchev–Trinajstić information content (AvgIpc) is 2.12. The summed E-state index contributed by atoms with van der Waals surface area (Å²) in [5, 5.41) is 8.82. The molecular formula is C9H9NO4. The molecule has 2 heterocycles. The molecule has 74 valence electrons. The zero-order valence-electron chi connectivity index (χ0n) is 7.34. The van der Waals surface area contributed by atoms with Crippen LogP contribution >= 0.6 is 0 Å². The van der Waals surface area contributed by atoms with E-state index in [-0.39, 0.29) is 11.7 Å².